The number of hydrogen-bond acceptors (Lipinski definition) is 6. The smallest absolute Gasteiger partial charge is 0.323 e. The highest BCUT2D eigenvalue weighted by Gasteiger charge is 2.19. The van der Waals surface area contributed by atoms with Gasteiger partial charge in [-0.05, 0) is 35.5 Å². The molecular formula is C13H15N5O4. The third-order valence-electron chi connectivity index (χ3n) is 3.02. The van der Waals surface area contributed by atoms with E-state index in [1.54, 1.807) is 25.1 Å². The van der Waals surface area contributed by atoms with Crippen molar-refractivity contribution in [3.8, 4) is 11.4 Å². The predicted octanol–water partition coefficient (Wildman–Crippen LogP) is 0.218. The Bertz CT molecular complexity index is 671. The fourth-order valence-corrected chi connectivity index (χ4v) is 1.95. The Balaban J connectivity index is 2.38. The van der Waals surface area contributed by atoms with E-state index in [0.29, 0.717) is 17.0 Å². The van der Waals surface area contributed by atoms with Crippen LogP contribution in [-0.4, -0.2) is 62.3 Å². The van der Waals surface area contributed by atoms with Gasteiger partial charge in [0.15, 0.2) is 0 Å². The fourth-order valence-electron chi connectivity index (χ4n) is 1.95. The van der Waals surface area contributed by atoms with Gasteiger partial charge in [-0.2, -0.15) is 4.68 Å². The van der Waals surface area contributed by atoms with Gasteiger partial charge >= 0.3 is 5.97 Å². The summed E-state index contributed by atoms with van der Waals surface area (Å²) in [6, 6.07) is 4.74. The molecule has 9 heteroatoms. The molecule has 2 rings (SSSR count). The molecule has 1 aromatic heterocycles. The fraction of sp³-hybridized carbons (Fsp3) is 0.308. The van der Waals surface area contributed by atoms with E-state index in [-0.39, 0.29) is 19.0 Å². The number of carboxylic acid groups (broad SMARTS) is 1. The third kappa shape index (κ3) is 3.19. The van der Waals surface area contributed by atoms with Gasteiger partial charge in [-0.15, -0.1) is 5.10 Å². The Morgan fingerprint density at radius 3 is 2.73 bits per heavy atom. The van der Waals surface area contributed by atoms with Crippen LogP contribution in [0.3, 0.4) is 0 Å². The molecule has 1 N–H and O–H groups in total. The quantitative estimate of drug-likeness (QED) is 0.812. The molecule has 0 bridgehead atoms. The number of aliphatic carboxylic acids is 1. The van der Waals surface area contributed by atoms with Gasteiger partial charge in [0.2, 0.25) is 0 Å². The summed E-state index contributed by atoms with van der Waals surface area (Å²) < 4.78 is 6.58. The lowest BCUT2D eigenvalue weighted by molar-refractivity contribution is -0.137. The van der Waals surface area contributed by atoms with E-state index in [4.69, 9.17) is 9.84 Å². The molecule has 0 aliphatic rings. The molecule has 0 saturated carbocycles. The van der Waals surface area contributed by atoms with Gasteiger partial charge in [0.25, 0.3) is 5.91 Å². The first-order valence-corrected chi connectivity index (χ1v) is 6.49. The third-order valence-corrected chi connectivity index (χ3v) is 3.02. The van der Waals surface area contributed by atoms with Crippen molar-refractivity contribution >= 4 is 11.9 Å². The number of carboxylic acids is 1. The largest absolute Gasteiger partial charge is 0.494 e. The minimum absolute atomic E-state index is 0.289. The maximum absolute atomic E-state index is 12.4. The van der Waals surface area contributed by atoms with Crippen molar-refractivity contribution in [2.45, 2.75) is 6.92 Å². The van der Waals surface area contributed by atoms with Crippen LogP contribution in [0.1, 0.15) is 17.3 Å². The van der Waals surface area contributed by atoms with Crippen LogP contribution in [0, 0.1) is 0 Å². The van der Waals surface area contributed by atoms with Crippen molar-refractivity contribution in [3.05, 3.63) is 30.1 Å². The van der Waals surface area contributed by atoms with Crippen LogP contribution < -0.4 is 4.74 Å². The Kier molecular flexibility index (Phi) is 4.66. The van der Waals surface area contributed by atoms with Crippen LogP contribution >= 0.6 is 0 Å². The summed E-state index contributed by atoms with van der Waals surface area (Å²) in [5.74, 6) is -0.962. The average Bonchev–Trinajstić information content (AvgIpc) is 3.05. The van der Waals surface area contributed by atoms with E-state index in [9.17, 15) is 9.59 Å². The van der Waals surface area contributed by atoms with Crippen LogP contribution in [0.2, 0.25) is 0 Å². The zero-order valence-electron chi connectivity index (χ0n) is 12.1. The van der Waals surface area contributed by atoms with Gasteiger partial charge in [0, 0.05) is 12.1 Å². The van der Waals surface area contributed by atoms with Crippen molar-refractivity contribution in [2.24, 2.45) is 0 Å². The Hall–Kier alpha value is -2.97. The molecule has 0 spiro atoms. The average molecular weight is 305 g/mol. The first-order valence-electron chi connectivity index (χ1n) is 6.49. The molecule has 9 nitrogen and oxygen atoms in total. The van der Waals surface area contributed by atoms with Crippen LogP contribution in [0.25, 0.3) is 5.69 Å². The van der Waals surface area contributed by atoms with Crippen LogP contribution in [0.15, 0.2) is 24.5 Å². The second-order valence-corrected chi connectivity index (χ2v) is 4.35. The van der Waals surface area contributed by atoms with Crippen molar-refractivity contribution in [2.75, 3.05) is 20.2 Å². The van der Waals surface area contributed by atoms with Gasteiger partial charge in [-0.1, -0.05) is 0 Å². The molecular weight excluding hydrogens is 290 g/mol. The Morgan fingerprint density at radius 1 is 1.41 bits per heavy atom. The molecule has 1 amide bonds. The lowest BCUT2D eigenvalue weighted by Crippen LogP contribution is -2.35. The molecule has 22 heavy (non-hydrogen) atoms. The normalized spacial score (nSPS) is 10.3. The number of benzene rings is 1. The molecule has 0 fully saturated rings. The summed E-state index contributed by atoms with van der Waals surface area (Å²) in [6.45, 7) is 1.64. The monoisotopic (exact) mass is 305 g/mol. The van der Waals surface area contributed by atoms with E-state index >= 15 is 0 Å². The molecule has 0 aliphatic carbocycles. The van der Waals surface area contributed by atoms with Gasteiger partial charge in [-0.25, -0.2) is 0 Å². The standard InChI is InChI=1S/C13H15N5O4/c1-3-17(7-12(19)20)13(21)9-4-5-11(22-2)10(6-9)18-8-14-15-16-18/h4-6,8H,3,7H2,1-2H3,(H,19,20). The van der Waals surface area contributed by atoms with Gasteiger partial charge in [-0.3, -0.25) is 9.59 Å². The molecule has 0 aliphatic heterocycles. The maximum atomic E-state index is 12.4. The first-order chi connectivity index (χ1) is 10.6. The highest BCUT2D eigenvalue weighted by atomic mass is 16.5. The van der Waals surface area contributed by atoms with Crippen molar-refractivity contribution < 1.29 is 19.4 Å². The van der Waals surface area contributed by atoms with Crippen molar-refractivity contribution in [1.82, 2.24) is 25.1 Å². The number of ether oxygens (including phenoxy) is 1. The summed E-state index contributed by atoms with van der Waals surface area (Å²) >= 11 is 0. The highest BCUT2D eigenvalue weighted by Crippen LogP contribution is 2.23. The molecule has 0 radical (unpaired) electrons. The van der Waals surface area contributed by atoms with Crippen molar-refractivity contribution in [3.63, 3.8) is 0 Å². The summed E-state index contributed by atoms with van der Waals surface area (Å²) in [5.41, 5.74) is 0.819. The van der Waals surface area contributed by atoms with E-state index in [1.807, 2.05) is 0 Å². The summed E-state index contributed by atoms with van der Waals surface area (Å²) in [4.78, 5) is 24.4. The minimum Gasteiger partial charge on any atom is -0.494 e. The number of tetrazole rings is 1. The molecule has 0 saturated heterocycles. The molecule has 116 valence electrons. The number of methoxy groups -OCH3 is 1. The summed E-state index contributed by atoms with van der Waals surface area (Å²) in [5, 5.41) is 19.7. The SMILES string of the molecule is CCN(CC(=O)O)C(=O)c1ccc(OC)c(-n2cnnn2)c1. The van der Waals surface area contributed by atoms with E-state index in [1.165, 1.54) is 23.0 Å². The maximum Gasteiger partial charge on any atom is 0.323 e. The summed E-state index contributed by atoms with van der Waals surface area (Å²) in [7, 11) is 1.49. The Labute approximate surface area is 126 Å². The lowest BCUT2D eigenvalue weighted by Gasteiger charge is -2.19. The number of rotatable bonds is 6. The number of nitrogens with zero attached hydrogens (tertiary/aromatic N) is 5. The second kappa shape index (κ2) is 6.66. The molecule has 1 heterocycles. The van der Waals surface area contributed by atoms with Crippen LogP contribution in [0.4, 0.5) is 0 Å². The highest BCUT2D eigenvalue weighted by molar-refractivity contribution is 5.96. The number of aromatic nitrogens is 4. The number of likely N-dealkylation sites (N-methyl/N-ethyl adjacent to an activating group) is 1. The zero-order chi connectivity index (χ0) is 16.1. The number of hydrogen-bond donors (Lipinski definition) is 1. The van der Waals surface area contributed by atoms with Crippen molar-refractivity contribution in [1.29, 1.82) is 0 Å². The van der Waals surface area contributed by atoms with E-state index in [2.05, 4.69) is 15.5 Å². The minimum atomic E-state index is -1.07. The van der Waals surface area contributed by atoms with E-state index < -0.39 is 5.97 Å². The number of carbonyl (C=O) groups is 2. The van der Waals surface area contributed by atoms with Gasteiger partial charge < -0.3 is 14.7 Å². The first kappa shape index (κ1) is 15.4. The second-order valence-electron chi connectivity index (χ2n) is 4.35. The predicted molar refractivity (Wildman–Crippen MR) is 74.9 cm³/mol. The summed E-state index contributed by atoms with van der Waals surface area (Å²) in [6.07, 6.45) is 1.38. The molecule has 0 atom stereocenters. The van der Waals surface area contributed by atoms with Crippen LogP contribution in [-0.2, 0) is 4.79 Å². The van der Waals surface area contributed by atoms with Gasteiger partial charge in [0.1, 0.15) is 24.3 Å². The Morgan fingerprint density at radius 2 is 2.18 bits per heavy atom. The number of amides is 1. The van der Waals surface area contributed by atoms with Gasteiger partial charge in [0.05, 0.1) is 7.11 Å². The van der Waals surface area contributed by atoms with E-state index in [0.717, 1.165) is 0 Å². The molecule has 0 unspecified atom stereocenters. The zero-order valence-corrected chi connectivity index (χ0v) is 12.1. The number of carbonyl (C=O) groups excluding carboxylic acids is 1. The van der Waals surface area contributed by atoms with Crippen LogP contribution in [0.5, 0.6) is 5.75 Å². The molecule has 2 aromatic rings. The lowest BCUT2D eigenvalue weighted by atomic mass is 10.1. The molecule has 1 aromatic carbocycles. The topological polar surface area (TPSA) is 110 Å².